The van der Waals surface area contributed by atoms with Gasteiger partial charge in [-0.05, 0) is 62.4 Å². The summed E-state index contributed by atoms with van der Waals surface area (Å²) in [5.41, 5.74) is 1.46. The van der Waals surface area contributed by atoms with Crippen molar-refractivity contribution in [1.82, 2.24) is 19.4 Å². The Labute approximate surface area is 190 Å². The van der Waals surface area contributed by atoms with Crippen LogP contribution in [0, 0.1) is 25.6 Å². The summed E-state index contributed by atoms with van der Waals surface area (Å²) in [5, 5.41) is 9.30. The van der Waals surface area contributed by atoms with Crippen LogP contribution in [0.25, 0.3) is 5.69 Å². The summed E-state index contributed by atoms with van der Waals surface area (Å²) in [6, 6.07) is 9.66. The molecule has 1 aliphatic heterocycles. The monoisotopic (exact) mass is 476 g/mol. The number of aromatic nitrogens is 2. The lowest BCUT2D eigenvalue weighted by Crippen LogP contribution is -2.43. The molecule has 1 amide bonds. The van der Waals surface area contributed by atoms with Gasteiger partial charge in [-0.15, -0.1) is 11.3 Å². The summed E-state index contributed by atoms with van der Waals surface area (Å²) in [6.45, 7) is 4.40. The first kappa shape index (κ1) is 22.6. The number of thiophene rings is 1. The smallest absolute Gasteiger partial charge is 0.246 e. The molecule has 1 aromatic carbocycles. The van der Waals surface area contributed by atoms with Gasteiger partial charge >= 0.3 is 0 Å². The second-order valence-electron chi connectivity index (χ2n) is 7.86. The number of nitrogens with zero attached hydrogens (tertiary/aromatic N) is 3. The van der Waals surface area contributed by atoms with E-state index in [4.69, 9.17) is 0 Å². The quantitative estimate of drug-likeness (QED) is 0.591. The predicted octanol–water partition coefficient (Wildman–Crippen LogP) is 3.41. The minimum Gasteiger partial charge on any atom is -0.351 e. The molecule has 1 aliphatic rings. The Morgan fingerprint density at radius 1 is 1.19 bits per heavy atom. The number of aryl methyl sites for hydroxylation is 1. The summed E-state index contributed by atoms with van der Waals surface area (Å²) in [4.78, 5) is 13.8. The molecule has 10 heteroatoms. The zero-order valence-corrected chi connectivity index (χ0v) is 19.5. The molecular weight excluding hydrogens is 451 g/mol. The Kier molecular flexibility index (Phi) is 6.45. The van der Waals surface area contributed by atoms with E-state index in [-0.39, 0.29) is 35.6 Å². The molecule has 0 bridgehead atoms. The Balaban J connectivity index is 1.45. The maximum Gasteiger partial charge on any atom is 0.246 e. The van der Waals surface area contributed by atoms with Crippen molar-refractivity contribution in [3.05, 3.63) is 63.9 Å². The number of piperidine rings is 1. The normalized spacial score (nSPS) is 15.7. The van der Waals surface area contributed by atoms with Crippen LogP contribution < -0.4 is 5.32 Å². The molecule has 32 heavy (non-hydrogen) atoms. The topological polar surface area (TPSA) is 84.3 Å². The van der Waals surface area contributed by atoms with Gasteiger partial charge in [0.25, 0.3) is 0 Å². The van der Waals surface area contributed by atoms with E-state index < -0.39 is 10.0 Å². The molecular formula is C22H25FN4O3S2. The van der Waals surface area contributed by atoms with E-state index in [9.17, 15) is 17.6 Å². The Morgan fingerprint density at radius 2 is 1.88 bits per heavy atom. The van der Waals surface area contributed by atoms with E-state index in [2.05, 4.69) is 10.4 Å². The number of sulfonamides is 1. The van der Waals surface area contributed by atoms with Gasteiger partial charge in [-0.1, -0.05) is 6.07 Å². The van der Waals surface area contributed by atoms with E-state index in [0.717, 1.165) is 4.88 Å². The van der Waals surface area contributed by atoms with Crippen LogP contribution in [0.15, 0.2) is 46.7 Å². The molecule has 170 valence electrons. The summed E-state index contributed by atoms with van der Waals surface area (Å²) < 4.78 is 43.0. The lowest BCUT2D eigenvalue weighted by molar-refractivity contribution is -0.126. The Bertz CT molecular complexity index is 1200. The van der Waals surface area contributed by atoms with Gasteiger partial charge < -0.3 is 5.32 Å². The summed E-state index contributed by atoms with van der Waals surface area (Å²) in [6.07, 6.45) is 0.944. The first-order chi connectivity index (χ1) is 15.3. The van der Waals surface area contributed by atoms with E-state index in [1.807, 2.05) is 17.5 Å². The van der Waals surface area contributed by atoms with Gasteiger partial charge in [0.05, 0.1) is 23.6 Å². The average Bonchev–Trinajstić information content (AvgIpc) is 3.40. The Morgan fingerprint density at radius 3 is 2.50 bits per heavy atom. The maximum absolute atomic E-state index is 13.4. The SMILES string of the molecule is Cc1nn(-c2ccc(F)cc2)c(C)c1S(=O)(=O)N1CCC(C(=O)NCc2cccs2)CC1. The third-order valence-electron chi connectivity index (χ3n) is 5.74. The number of nitrogens with one attached hydrogen (secondary N) is 1. The molecule has 0 radical (unpaired) electrons. The van der Waals surface area contributed by atoms with Crippen LogP contribution in [-0.4, -0.2) is 41.5 Å². The van der Waals surface area contributed by atoms with Gasteiger partial charge in [0.1, 0.15) is 10.7 Å². The first-order valence-electron chi connectivity index (χ1n) is 10.4. The van der Waals surface area contributed by atoms with Crippen molar-refractivity contribution in [2.24, 2.45) is 5.92 Å². The lowest BCUT2D eigenvalue weighted by atomic mass is 9.97. The van der Waals surface area contributed by atoms with Crippen LogP contribution in [0.5, 0.6) is 0 Å². The summed E-state index contributed by atoms with van der Waals surface area (Å²) in [7, 11) is -3.77. The number of hydrogen-bond donors (Lipinski definition) is 1. The summed E-state index contributed by atoms with van der Waals surface area (Å²) >= 11 is 1.59. The number of halogens is 1. The highest BCUT2D eigenvalue weighted by Gasteiger charge is 2.35. The lowest BCUT2D eigenvalue weighted by Gasteiger charge is -2.30. The van der Waals surface area contributed by atoms with Crippen molar-refractivity contribution in [3.8, 4) is 5.69 Å². The standard InChI is InChI=1S/C22H25FN4O3S2/c1-15-21(16(2)27(25-15)19-7-5-18(23)6-8-19)32(29,30)26-11-9-17(10-12-26)22(28)24-14-20-4-3-13-31-20/h3-8,13,17H,9-12,14H2,1-2H3,(H,24,28). The minimum atomic E-state index is -3.77. The van der Waals surface area contributed by atoms with Crippen molar-refractivity contribution < 1.29 is 17.6 Å². The highest BCUT2D eigenvalue weighted by molar-refractivity contribution is 7.89. The van der Waals surface area contributed by atoms with Crippen molar-refractivity contribution in [3.63, 3.8) is 0 Å². The maximum atomic E-state index is 13.4. The van der Waals surface area contributed by atoms with E-state index in [1.165, 1.54) is 21.1 Å². The van der Waals surface area contributed by atoms with Crippen molar-refractivity contribution in [2.75, 3.05) is 13.1 Å². The molecule has 0 unspecified atom stereocenters. The van der Waals surface area contributed by atoms with Gasteiger partial charge in [-0.25, -0.2) is 17.5 Å². The molecule has 2 aromatic heterocycles. The van der Waals surface area contributed by atoms with Gasteiger partial charge in [-0.3, -0.25) is 4.79 Å². The van der Waals surface area contributed by atoms with Crippen molar-refractivity contribution in [1.29, 1.82) is 0 Å². The zero-order valence-electron chi connectivity index (χ0n) is 17.9. The molecule has 0 atom stereocenters. The molecule has 1 fully saturated rings. The van der Waals surface area contributed by atoms with E-state index >= 15 is 0 Å². The third-order valence-corrected chi connectivity index (χ3v) is 8.76. The van der Waals surface area contributed by atoms with Gasteiger partial charge in [0.2, 0.25) is 15.9 Å². The number of hydrogen-bond acceptors (Lipinski definition) is 5. The largest absolute Gasteiger partial charge is 0.351 e. The van der Waals surface area contributed by atoms with Crippen LogP contribution in [0.2, 0.25) is 0 Å². The molecule has 1 N–H and O–H groups in total. The van der Waals surface area contributed by atoms with Gasteiger partial charge in [0.15, 0.2) is 0 Å². The van der Waals surface area contributed by atoms with E-state index in [0.29, 0.717) is 36.5 Å². The van der Waals surface area contributed by atoms with Crippen LogP contribution in [0.3, 0.4) is 0 Å². The van der Waals surface area contributed by atoms with Crippen molar-refractivity contribution >= 4 is 27.3 Å². The highest BCUT2D eigenvalue weighted by Crippen LogP contribution is 2.29. The number of amides is 1. The molecule has 3 heterocycles. The molecule has 3 aromatic rings. The average molecular weight is 477 g/mol. The fourth-order valence-electron chi connectivity index (χ4n) is 4.05. The first-order valence-corrected chi connectivity index (χ1v) is 12.7. The van der Waals surface area contributed by atoms with Gasteiger partial charge in [0, 0.05) is 23.9 Å². The molecule has 0 saturated carbocycles. The van der Waals surface area contributed by atoms with Crippen LogP contribution in [0.4, 0.5) is 4.39 Å². The molecule has 4 rings (SSSR count). The van der Waals surface area contributed by atoms with Gasteiger partial charge in [-0.2, -0.15) is 9.40 Å². The number of carbonyl (C=O) groups excluding carboxylic acids is 1. The van der Waals surface area contributed by atoms with Crippen LogP contribution >= 0.6 is 11.3 Å². The third kappa shape index (κ3) is 4.48. The second kappa shape index (κ2) is 9.13. The fourth-order valence-corrected chi connectivity index (χ4v) is 6.52. The minimum absolute atomic E-state index is 0.0352. The molecule has 1 saturated heterocycles. The van der Waals surface area contributed by atoms with Crippen LogP contribution in [-0.2, 0) is 21.4 Å². The Hall–Kier alpha value is -2.56. The second-order valence-corrected chi connectivity index (χ2v) is 10.8. The number of benzene rings is 1. The van der Waals surface area contributed by atoms with Crippen molar-refractivity contribution in [2.45, 2.75) is 38.1 Å². The number of carbonyl (C=O) groups is 1. The molecule has 0 aliphatic carbocycles. The van der Waals surface area contributed by atoms with E-state index in [1.54, 1.807) is 37.3 Å². The predicted molar refractivity (Wildman–Crippen MR) is 121 cm³/mol. The number of rotatable bonds is 6. The highest BCUT2D eigenvalue weighted by atomic mass is 32.2. The zero-order chi connectivity index (χ0) is 22.9. The molecule has 7 nitrogen and oxygen atoms in total. The summed E-state index contributed by atoms with van der Waals surface area (Å²) in [5.74, 6) is -0.608. The van der Waals surface area contributed by atoms with Crippen LogP contribution in [0.1, 0.15) is 29.1 Å². The molecule has 0 spiro atoms. The fraction of sp³-hybridized carbons (Fsp3) is 0.364.